The lowest BCUT2D eigenvalue weighted by atomic mass is 10.1. The molecule has 4 rings (SSSR count). The molecule has 0 saturated heterocycles. The van der Waals surface area contributed by atoms with Crippen molar-refractivity contribution in [3.63, 3.8) is 0 Å². The third-order valence-electron chi connectivity index (χ3n) is 4.22. The van der Waals surface area contributed by atoms with Crippen LogP contribution in [0.2, 0.25) is 0 Å². The topological polar surface area (TPSA) is 136 Å². The summed E-state index contributed by atoms with van der Waals surface area (Å²) in [6.45, 7) is -2.92. The van der Waals surface area contributed by atoms with Crippen LogP contribution >= 0.6 is 0 Å². The number of nitrogens with zero attached hydrogens (tertiary/aromatic N) is 4. The molecule has 11 nitrogen and oxygen atoms in total. The quantitative estimate of drug-likeness (QED) is 0.545. The van der Waals surface area contributed by atoms with Crippen LogP contribution in [-0.2, 0) is 23.3 Å². The molecular weight excluding hydrogens is 443 g/mol. The number of halogens is 1. The van der Waals surface area contributed by atoms with E-state index in [1.165, 1.54) is 48.8 Å². The van der Waals surface area contributed by atoms with Crippen molar-refractivity contribution < 1.29 is 29.8 Å². The first-order chi connectivity index (χ1) is 16.1. The van der Waals surface area contributed by atoms with Gasteiger partial charge >= 0.3 is 12.1 Å². The van der Waals surface area contributed by atoms with Crippen molar-refractivity contribution in [2.24, 2.45) is 0 Å². The zero-order valence-corrected chi connectivity index (χ0v) is 17.3. The zero-order valence-electron chi connectivity index (χ0n) is 18.4. The molecule has 0 radical (unpaired) electrons. The first-order valence-corrected chi connectivity index (χ1v) is 10.5. The largest absolute Gasteiger partial charge is 0.423 e. The van der Waals surface area contributed by atoms with Crippen LogP contribution in [0.1, 0.15) is 13.9 Å². The number of hydrogen-bond donors (Lipinski definition) is 2. The van der Waals surface area contributed by atoms with Gasteiger partial charge in [-0.15, -0.1) is 0 Å². The molecule has 2 N–H and O–H groups in total. The minimum atomic E-state index is -3.99. The van der Waals surface area contributed by atoms with E-state index >= 15 is 0 Å². The van der Waals surface area contributed by atoms with E-state index in [4.69, 9.17) is 12.2 Å². The van der Waals surface area contributed by atoms with Gasteiger partial charge in [0.2, 0.25) is 0 Å². The average Bonchev–Trinajstić information content (AvgIpc) is 2.79. The number of carbonyl (C=O) groups excluding carboxylic acids is 1. The Kier molecular flexibility index (Phi) is 5.15. The van der Waals surface area contributed by atoms with E-state index < -0.39 is 35.2 Å². The number of carbonyl (C=O) groups is 1. The molecule has 13 heteroatoms. The molecule has 1 aromatic heterocycles. The summed E-state index contributed by atoms with van der Waals surface area (Å²) in [4.78, 5) is 17.2. The van der Waals surface area contributed by atoms with Crippen LogP contribution in [-0.4, -0.2) is 41.6 Å². The summed E-state index contributed by atoms with van der Waals surface area (Å²) < 4.78 is 70.1. The van der Waals surface area contributed by atoms with Gasteiger partial charge < -0.3 is 9.47 Å². The maximum atomic E-state index is 14.9. The summed E-state index contributed by atoms with van der Waals surface area (Å²) >= 11 is 0. The Balaban J connectivity index is 1.61. The summed E-state index contributed by atoms with van der Waals surface area (Å²) in [5.74, 6) is -0.876. The van der Waals surface area contributed by atoms with Gasteiger partial charge in [-0.05, 0) is 18.2 Å². The van der Waals surface area contributed by atoms with E-state index in [2.05, 4.69) is 15.2 Å². The number of rotatable bonds is 7. The maximum absolute atomic E-state index is 14.9. The highest BCUT2D eigenvalue weighted by molar-refractivity contribution is 7.90. The lowest BCUT2D eigenvalue weighted by Gasteiger charge is -2.28. The molecule has 1 aliphatic rings. The normalized spacial score (nSPS) is 15.8. The minimum Gasteiger partial charge on any atom is -0.423 e. The molecule has 32 heavy (non-hydrogen) atoms. The molecule has 0 atom stereocenters. The second-order valence-corrected chi connectivity index (χ2v) is 7.96. The number of benzene rings is 2. The third kappa shape index (κ3) is 4.73. The van der Waals surface area contributed by atoms with Crippen molar-refractivity contribution in [1.82, 2.24) is 24.8 Å². The molecule has 3 aromatic rings. The van der Waals surface area contributed by atoms with Crippen molar-refractivity contribution in [1.29, 1.82) is 0 Å². The molecule has 0 aliphatic carbocycles. The smallest absolute Gasteiger partial charge is 0.415 e. The molecule has 2 aromatic carbocycles. The molecule has 0 unspecified atom stereocenters. The molecule has 1 amide bonds. The van der Waals surface area contributed by atoms with Gasteiger partial charge in [-0.1, -0.05) is 17.2 Å². The molecule has 166 valence electrons. The Morgan fingerprint density at radius 2 is 2.16 bits per heavy atom. The number of aromatic nitrogens is 3. The van der Waals surface area contributed by atoms with E-state index in [1.54, 1.807) is 0 Å². The van der Waals surface area contributed by atoms with E-state index in [0.29, 0.717) is 4.90 Å². The second kappa shape index (κ2) is 8.72. The van der Waals surface area contributed by atoms with Gasteiger partial charge in [0, 0.05) is 24.2 Å². The SMILES string of the molecule is [2H]C1([2H])c2ccc(Oc3nccnn3)cc2OC(=O)N1Cc1cccc(NS(=O)(=O)NC)c1F. The molecule has 0 fully saturated rings. The number of nitrogens with one attached hydrogen (secondary N) is 2. The second-order valence-electron chi connectivity index (χ2n) is 6.34. The first kappa shape index (κ1) is 18.9. The summed E-state index contributed by atoms with van der Waals surface area (Å²) in [5.41, 5.74) is -0.495. The number of amides is 1. The van der Waals surface area contributed by atoms with Crippen LogP contribution in [0.15, 0.2) is 48.8 Å². The van der Waals surface area contributed by atoms with Crippen LogP contribution < -0.4 is 18.9 Å². The highest BCUT2D eigenvalue weighted by atomic mass is 32.2. The minimum absolute atomic E-state index is 0.000923. The summed E-state index contributed by atoms with van der Waals surface area (Å²) in [7, 11) is -2.84. The Morgan fingerprint density at radius 3 is 2.91 bits per heavy atom. The molecular formula is C19H17FN6O5S. The van der Waals surface area contributed by atoms with E-state index in [9.17, 15) is 17.6 Å². The Morgan fingerprint density at radius 1 is 1.31 bits per heavy atom. The van der Waals surface area contributed by atoms with Crippen LogP contribution in [0.5, 0.6) is 17.5 Å². The summed E-state index contributed by atoms with van der Waals surface area (Å²) in [5, 5.41) is 7.31. The van der Waals surface area contributed by atoms with E-state index in [-0.39, 0.29) is 34.3 Å². The van der Waals surface area contributed by atoms with Crippen molar-refractivity contribution in [2.75, 3.05) is 11.8 Å². The third-order valence-corrected chi connectivity index (χ3v) is 5.24. The number of ether oxygens (including phenoxy) is 2. The first-order valence-electron chi connectivity index (χ1n) is 10.0. The molecule has 1 aliphatic heterocycles. The number of hydrogen-bond acceptors (Lipinski definition) is 8. The van der Waals surface area contributed by atoms with Crippen LogP contribution in [0, 0.1) is 5.82 Å². The lowest BCUT2D eigenvalue weighted by molar-refractivity contribution is 0.134. The zero-order chi connectivity index (χ0) is 24.5. The molecule has 0 saturated carbocycles. The van der Waals surface area contributed by atoms with Gasteiger partial charge in [0.1, 0.15) is 11.5 Å². The lowest BCUT2D eigenvalue weighted by Crippen LogP contribution is -2.36. The van der Waals surface area contributed by atoms with E-state index in [1.807, 2.05) is 9.44 Å². The van der Waals surface area contributed by atoms with Gasteiger partial charge in [-0.2, -0.15) is 13.5 Å². The summed E-state index contributed by atoms with van der Waals surface area (Å²) in [6.07, 6.45) is 1.65. The number of anilines is 1. The predicted molar refractivity (Wildman–Crippen MR) is 110 cm³/mol. The van der Waals surface area contributed by atoms with Crippen molar-refractivity contribution in [2.45, 2.75) is 13.0 Å². The Hall–Kier alpha value is -3.84. The Bertz CT molecular complexity index is 1350. The van der Waals surface area contributed by atoms with Crippen LogP contribution in [0.3, 0.4) is 0 Å². The van der Waals surface area contributed by atoms with Crippen LogP contribution in [0.25, 0.3) is 0 Å². The maximum Gasteiger partial charge on any atom is 0.415 e. The van der Waals surface area contributed by atoms with Gasteiger partial charge in [-0.25, -0.2) is 18.9 Å². The van der Waals surface area contributed by atoms with Gasteiger partial charge in [0.05, 0.1) is 33.9 Å². The van der Waals surface area contributed by atoms with E-state index in [0.717, 1.165) is 7.05 Å². The van der Waals surface area contributed by atoms with Crippen molar-refractivity contribution in [3.05, 3.63) is 65.7 Å². The Labute approximate surface area is 185 Å². The predicted octanol–water partition coefficient (Wildman–Crippen LogP) is 2.19. The average molecular weight is 462 g/mol. The molecule has 0 spiro atoms. The van der Waals surface area contributed by atoms with Crippen molar-refractivity contribution in [3.8, 4) is 17.5 Å². The van der Waals surface area contributed by atoms with Crippen molar-refractivity contribution >= 4 is 22.0 Å². The summed E-state index contributed by atoms with van der Waals surface area (Å²) in [6, 6.07) is 7.89. The molecule has 0 bridgehead atoms. The van der Waals surface area contributed by atoms with Gasteiger partial charge in [0.15, 0.2) is 5.82 Å². The highest BCUT2D eigenvalue weighted by Gasteiger charge is 2.27. The monoisotopic (exact) mass is 462 g/mol. The fourth-order valence-corrected chi connectivity index (χ4v) is 3.27. The molecule has 2 heterocycles. The van der Waals surface area contributed by atoms with Gasteiger partial charge in [-0.3, -0.25) is 9.62 Å². The fourth-order valence-electron chi connectivity index (χ4n) is 2.72. The standard InChI is InChI=1S/C19H17FN6O5S/c1-21-32(28,29)25-15-4-2-3-13(17(15)20)11-26-10-12-5-6-14(9-16(12)31-19(26)27)30-18-22-7-8-23-24-18/h2-9,21,25H,10-11H2,1H3/i10D2. The van der Waals surface area contributed by atoms with Gasteiger partial charge in [0.25, 0.3) is 10.2 Å². The highest BCUT2D eigenvalue weighted by Crippen LogP contribution is 2.32. The number of fused-ring (bicyclic) bond motifs is 1. The fraction of sp³-hybridized carbons (Fsp3) is 0.158. The van der Waals surface area contributed by atoms with Crippen LogP contribution in [0.4, 0.5) is 14.9 Å².